The number of aryl methyl sites for hydroxylation is 1. The van der Waals surface area contributed by atoms with Crippen LogP contribution in [-0.4, -0.2) is 57.2 Å². The Balaban J connectivity index is 1.37. The topological polar surface area (TPSA) is 85.2 Å². The maximum Gasteiger partial charge on any atom is 0.267 e. The number of aromatic nitrogens is 4. The van der Waals surface area contributed by atoms with Crippen LogP contribution in [0.1, 0.15) is 36.2 Å². The van der Waals surface area contributed by atoms with E-state index >= 15 is 0 Å². The standard InChI is InChI=1S/C20H28N6O2/c1-15-5-6-19(23-22-15)21-13-17-4-2-3-8-25(17)9-10-26-20(27)12-16-14-28-11-7-18(16)24-26/h5-6,12,17H,2-4,7-11,13-14H2,1H3,(H,21,23). The van der Waals surface area contributed by atoms with E-state index in [0.29, 0.717) is 25.8 Å². The zero-order valence-corrected chi connectivity index (χ0v) is 16.4. The second-order valence-corrected chi connectivity index (χ2v) is 7.61. The molecule has 1 atom stereocenters. The lowest BCUT2D eigenvalue weighted by molar-refractivity contribution is 0.107. The largest absolute Gasteiger partial charge is 0.376 e. The summed E-state index contributed by atoms with van der Waals surface area (Å²) >= 11 is 0. The molecule has 0 radical (unpaired) electrons. The highest BCUT2D eigenvalue weighted by molar-refractivity contribution is 5.32. The molecule has 8 heteroatoms. The second kappa shape index (κ2) is 8.79. The normalized spacial score (nSPS) is 20.0. The van der Waals surface area contributed by atoms with E-state index in [0.717, 1.165) is 55.2 Å². The molecule has 0 spiro atoms. The van der Waals surface area contributed by atoms with Crippen LogP contribution in [0.4, 0.5) is 5.82 Å². The SMILES string of the molecule is Cc1ccc(NCC2CCCCN2CCn2nc3c(cc2=O)COCC3)nn1. The summed E-state index contributed by atoms with van der Waals surface area (Å²) in [4.78, 5) is 14.8. The first-order valence-electron chi connectivity index (χ1n) is 10.1. The Morgan fingerprint density at radius 3 is 3.04 bits per heavy atom. The highest BCUT2D eigenvalue weighted by Gasteiger charge is 2.22. The number of fused-ring (bicyclic) bond motifs is 1. The van der Waals surface area contributed by atoms with Gasteiger partial charge in [-0.2, -0.15) is 10.2 Å². The van der Waals surface area contributed by atoms with Gasteiger partial charge >= 0.3 is 0 Å². The Labute approximate surface area is 164 Å². The first-order chi connectivity index (χ1) is 13.7. The average Bonchev–Trinajstić information content (AvgIpc) is 2.72. The fourth-order valence-electron chi connectivity index (χ4n) is 3.94. The fourth-order valence-corrected chi connectivity index (χ4v) is 3.94. The van der Waals surface area contributed by atoms with Crippen molar-refractivity contribution in [1.29, 1.82) is 0 Å². The molecule has 1 fully saturated rings. The lowest BCUT2D eigenvalue weighted by Gasteiger charge is -2.36. The van der Waals surface area contributed by atoms with Gasteiger partial charge in [-0.05, 0) is 38.4 Å². The van der Waals surface area contributed by atoms with Crippen molar-refractivity contribution < 1.29 is 4.74 Å². The van der Waals surface area contributed by atoms with Crippen LogP contribution in [0.2, 0.25) is 0 Å². The smallest absolute Gasteiger partial charge is 0.267 e. The third kappa shape index (κ3) is 4.56. The molecule has 0 bridgehead atoms. The van der Waals surface area contributed by atoms with Crippen molar-refractivity contribution in [2.45, 2.75) is 51.8 Å². The summed E-state index contributed by atoms with van der Waals surface area (Å²) in [7, 11) is 0. The highest BCUT2D eigenvalue weighted by Crippen LogP contribution is 2.18. The van der Waals surface area contributed by atoms with Crippen molar-refractivity contribution in [3.8, 4) is 0 Å². The minimum atomic E-state index is -0.0362. The molecule has 2 aliphatic heterocycles. The maximum absolute atomic E-state index is 12.4. The van der Waals surface area contributed by atoms with E-state index < -0.39 is 0 Å². The summed E-state index contributed by atoms with van der Waals surface area (Å²) in [5.74, 6) is 0.811. The molecule has 1 N–H and O–H groups in total. The van der Waals surface area contributed by atoms with Crippen LogP contribution in [0.25, 0.3) is 0 Å². The molecule has 4 rings (SSSR count). The molecular formula is C20H28N6O2. The van der Waals surface area contributed by atoms with Crippen LogP contribution in [-0.2, 0) is 24.3 Å². The quantitative estimate of drug-likeness (QED) is 0.805. The number of hydrogen-bond donors (Lipinski definition) is 1. The number of ether oxygens (including phenoxy) is 1. The predicted molar refractivity (Wildman–Crippen MR) is 106 cm³/mol. The summed E-state index contributed by atoms with van der Waals surface area (Å²) in [5, 5.41) is 16.3. The second-order valence-electron chi connectivity index (χ2n) is 7.61. The number of nitrogens with zero attached hydrogens (tertiary/aromatic N) is 5. The van der Waals surface area contributed by atoms with E-state index in [2.05, 4.69) is 25.5 Å². The number of piperidine rings is 1. The Morgan fingerprint density at radius 1 is 1.25 bits per heavy atom. The van der Waals surface area contributed by atoms with Crippen LogP contribution < -0.4 is 10.9 Å². The molecule has 0 amide bonds. The Kier molecular flexibility index (Phi) is 5.97. The summed E-state index contributed by atoms with van der Waals surface area (Å²) in [5.41, 5.74) is 2.82. The Bertz CT molecular complexity index is 851. The van der Waals surface area contributed by atoms with E-state index in [9.17, 15) is 4.79 Å². The minimum absolute atomic E-state index is 0.0362. The van der Waals surface area contributed by atoms with Crippen molar-refractivity contribution in [2.24, 2.45) is 0 Å². The molecule has 28 heavy (non-hydrogen) atoms. The van der Waals surface area contributed by atoms with E-state index in [1.165, 1.54) is 12.8 Å². The molecule has 8 nitrogen and oxygen atoms in total. The van der Waals surface area contributed by atoms with Crippen LogP contribution >= 0.6 is 0 Å². The molecule has 1 saturated heterocycles. The van der Waals surface area contributed by atoms with Gasteiger partial charge in [0.05, 0.1) is 31.1 Å². The number of nitrogens with one attached hydrogen (secondary N) is 1. The van der Waals surface area contributed by atoms with Crippen LogP contribution in [0.3, 0.4) is 0 Å². The third-order valence-corrected chi connectivity index (χ3v) is 5.57. The number of hydrogen-bond acceptors (Lipinski definition) is 7. The van der Waals surface area contributed by atoms with Gasteiger partial charge in [-0.1, -0.05) is 6.42 Å². The fraction of sp³-hybridized carbons (Fsp3) is 0.600. The number of anilines is 1. The first kappa shape index (κ1) is 19.0. The van der Waals surface area contributed by atoms with Crippen LogP contribution in [0.5, 0.6) is 0 Å². The Morgan fingerprint density at radius 2 is 2.18 bits per heavy atom. The number of likely N-dealkylation sites (tertiary alicyclic amines) is 1. The highest BCUT2D eigenvalue weighted by atomic mass is 16.5. The monoisotopic (exact) mass is 384 g/mol. The van der Waals surface area contributed by atoms with Crippen molar-refractivity contribution >= 4 is 5.82 Å². The van der Waals surface area contributed by atoms with E-state index in [1.54, 1.807) is 10.7 Å². The maximum atomic E-state index is 12.4. The van der Waals surface area contributed by atoms with Gasteiger partial charge in [0.2, 0.25) is 0 Å². The predicted octanol–water partition coefficient (Wildman–Crippen LogP) is 1.38. The summed E-state index contributed by atoms with van der Waals surface area (Å²) in [6, 6.07) is 6.05. The van der Waals surface area contributed by atoms with Gasteiger partial charge in [0, 0.05) is 37.2 Å². The summed E-state index contributed by atoms with van der Waals surface area (Å²) < 4.78 is 7.04. The minimum Gasteiger partial charge on any atom is -0.376 e. The average molecular weight is 384 g/mol. The zero-order valence-electron chi connectivity index (χ0n) is 16.4. The van der Waals surface area contributed by atoms with Crippen LogP contribution in [0, 0.1) is 6.92 Å². The molecule has 0 aliphatic carbocycles. The summed E-state index contributed by atoms with van der Waals surface area (Å²) in [6.07, 6.45) is 4.36. The van der Waals surface area contributed by atoms with Gasteiger partial charge in [0.15, 0.2) is 0 Å². The van der Waals surface area contributed by atoms with E-state index in [4.69, 9.17) is 4.74 Å². The third-order valence-electron chi connectivity index (χ3n) is 5.57. The molecule has 2 aromatic rings. The lowest BCUT2D eigenvalue weighted by Crippen LogP contribution is -2.46. The zero-order chi connectivity index (χ0) is 19.3. The van der Waals surface area contributed by atoms with Crippen molar-refractivity contribution in [3.05, 3.63) is 45.5 Å². The molecular weight excluding hydrogens is 356 g/mol. The van der Waals surface area contributed by atoms with Gasteiger partial charge in [0.1, 0.15) is 5.82 Å². The van der Waals surface area contributed by atoms with Crippen LogP contribution in [0.15, 0.2) is 23.0 Å². The molecule has 2 aliphatic rings. The van der Waals surface area contributed by atoms with Crippen molar-refractivity contribution in [3.63, 3.8) is 0 Å². The van der Waals surface area contributed by atoms with Gasteiger partial charge in [-0.25, -0.2) is 4.68 Å². The molecule has 2 aromatic heterocycles. The number of rotatable bonds is 6. The van der Waals surface area contributed by atoms with E-state index in [-0.39, 0.29) is 5.56 Å². The van der Waals surface area contributed by atoms with Gasteiger partial charge in [-0.3, -0.25) is 9.69 Å². The van der Waals surface area contributed by atoms with E-state index in [1.807, 2.05) is 19.1 Å². The first-order valence-corrected chi connectivity index (χ1v) is 10.1. The molecule has 0 saturated carbocycles. The van der Waals surface area contributed by atoms with Gasteiger partial charge in [-0.15, -0.1) is 5.10 Å². The van der Waals surface area contributed by atoms with Gasteiger partial charge < -0.3 is 10.1 Å². The molecule has 0 aromatic carbocycles. The summed E-state index contributed by atoms with van der Waals surface area (Å²) in [6.45, 7) is 6.45. The van der Waals surface area contributed by atoms with Crippen molar-refractivity contribution in [2.75, 3.05) is 31.6 Å². The van der Waals surface area contributed by atoms with Crippen molar-refractivity contribution in [1.82, 2.24) is 24.9 Å². The molecule has 4 heterocycles. The molecule has 1 unspecified atom stereocenters. The molecule has 150 valence electrons. The Hall–Kier alpha value is -2.32. The van der Waals surface area contributed by atoms with Gasteiger partial charge in [0.25, 0.3) is 5.56 Å². The lowest BCUT2D eigenvalue weighted by atomic mass is 10.0.